The highest BCUT2D eigenvalue weighted by Gasteiger charge is 2.10. The van der Waals surface area contributed by atoms with E-state index in [1.54, 1.807) is 7.11 Å². The minimum atomic E-state index is -0.126. The van der Waals surface area contributed by atoms with Gasteiger partial charge in [0.25, 0.3) is 5.56 Å². The molecule has 1 aromatic carbocycles. The summed E-state index contributed by atoms with van der Waals surface area (Å²) >= 11 is 1.99. The Labute approximate surface area is 112 Å². The number of H-pyrrole nitrogens is 1. The fraction of sp³-hybridized carbons (Fsp3) is 0.167. The molecule has 1 aromatic heterocycles. The van der Waals surface area contributed by atoms with Gasteiger partial charge in [0.05, 0.1) is 21.9 Å². The minimum Gasteiger partial charge on any atom is -0.496 e. The molecule has 0 fully saturated rings. The molecule has 0 aliphatic heterocycles. The maximum atomic E-state index is 11.7. The van der Waals surface area contributed by atoms with Gasteiger partial charge in [-0.2, -0.15) is 0 Å². The summed E-state index contributed by atoms with van der Waals surface area (Å²) in [6.07, 6.45) is 0. The Hall–Kier alpha value is -1.37. The number of halogens is 1. The van der Waals surface area contributed by atoms with Crippen LogP contribution in [0.3, 0.4) is 0 Å². The lowest BCUT2D eigenvalue weighted by atomic mass is 10.2. The van der Waals surface area contributed by atoms with Gasteiger partial charge in [-0.25, -0.2) is 4.98 Å². The van der Waals surface area contributed by atoms with Crippen molar-refractivity contribution < 1.29 is 4.74 Å². The van der Waals surface area contributed by atoms with Crippen molar-refractivity contribution in [2.75, 3.05) is 7.11 Å². The Bertz CT molecular complexity index is 608. The number of aromatic amines is 1. The van der Waals surface area contributed by atoms with Gasteiger partial charge in [-0.05, 0) is 41.6 Å². The van der Waals surface area contributed by atoms with Crippen LogP contribution in [0.5, 0.6) is 5.75 Å². The maximum absolute atomic E-state index is 11.7. The van der Waals surface area contributed by atoms with Crippen molar-refractivity contribution in [2.45, 2.75) is 6.92 Å². The first-order valence-corrected chi connectivity index (χ1v) is 6.11. The van der Waals surface area contributed by atoms with Crippen LogP contribution in [0.25, 0.3) is 11.4 Å². The zero-order valence-electron chi connectivity index (χ0n) is 9.45. The number of hydrogen-bond acceptors (Lipinski definition) is 3. The number of para-hydroxylation sites is 1. The molecular formula is C12H11IN2O2. The normalized spacial score (nSPS) is 10.3. The first-order valence-electron chi connectivity index (χ1n) is 5.03. The Morgan fingerprint density at radius 3 is 2.71 bits per heavy atom. The summed E-state index contributed by atoms with van der Waals surface area (Å²) in [5.41, 5.74) is 1.38. The first kappa shape index (κ1) is 12.1. The van der Waals surface area contributed by atoms with E-state index in [0.29, 0.717) is 15.1 Å². The predicted octanol–water partition coefficient (Wildman–Crippen LogP) is 2.36. The zero-order chi connectivity index (χ0) is 12.4. The second-order valence-corrected chi connectivity index (χ2v) is 4.59. The van der Waals surface area contributed by atoms with E-state index in [4.69, 9.17) is 4.74 Å². The van der Waals surface area contributed by atoms with E-state index in [2.05, 4.69) is 9.97 Å². The second kappa shape index (κ2) is 4.87. The standard InChI is InChI=1S/C12H11IN2O2/c1-7-10(13)12(16)15-11(14-7)8-5-3-4-6-9(8)17-2/h3-6H,1-2H3,(H,14,15,16). The monoisotopic (exact) mass is 342 g/mol. The molecule has 0 saturated heterocycles. The van der Waals surface area contributed by atoms with E-state index >= 15 is 0 Å². The van der Waals surface area contributed by atoms with Crippen LogP contribution in [0.15, 0.2) is 29.1 Å². The lowest BCUT2D eigenvalue weighted by molar-refractivity contribution is 0.416. The molecule has 4 nitrogen and oxygen atoms in total. The van der Waals surface area contributed by atoms with Crippen molar-refractivity contribution in [1.82, 2.24) is 9.97 Å². The summed E-state index contributed by atoms with van der Waals surface area (Å²) in [6, 6.07) is 7.46. The lowest BCUT2D eigenvalue weighted by Crippen LogP contribution is -2.14. The van der Waals surface area contributed by atoms with Crippen molar-refractivity contribution in [3.63, 3.8) is 0 Å². The fourth-order valence-corrected chi connectivity index (χ4v) is 1.79. The second-order valence-electron chi connectivity index (χ2n) is 3.51. The molecule has 0 bridgehead atoms. The molecule has 0 radical (unpaired) electrons. The average molecular weight is 342 g/mol. The van der Waals surface area contributed by atoms with Crippen LogP contribution in [0, 0.1) is 10.5 Å². The maximum Gasteiger partial charge on any atom is 0.264 e. The molecule has 0 unspecified atom stereocenters. The highest BCUT2D eigenvalue weighted by Crippen LogP contribution is 2.26. The summed E-state index contributed by atoms with van der Waals surface area (Å²) in [6.45, 7) is 1.82. The number of hydrogen-bond donors (Lipinski definition) is 1. The Morgan fingerprint density at radius 2 is 2.06 bits per heavy atom. The molecule has 2 rings (SSSR count). The van der Waals surface area contributed by atoms with Crippen LogP contribution in [-0.4, -0.2) is 17.1 Å². The van der Waals surface area contributed by atoms with Gasteiger partial charge in [-0.3, -0.25) is 4.79 Å². The van der Waals surface area contributed by atoms with Crippen LogP contribution < -0.4 is 10.3 Å². The predicted molar refractivity (Wildman–Crippen MR) is 74.3 cm³/mol. The molecule has 1 heterocycles. The first-order chi connectivity index (χ1) is 8.13. The number of benzene rings is 1. The SMILES string of the molecule is COc1ccccc1-c1nc(C)c(I)c(=O)[nH]1. The molecule has 1 N–H and O–H groups in total. The number of nitrogens with zero attached hydrogens (tertiary/aromatic N) is 1. The van der Waals surface area contributed by atoms with E-state index < -0.39 is 0 Å². The topological polar surface area (TPSA) is 55.0 Å². The summed E-state index contributed by atoms with van der Waals surface area (Å²) < 4.78 is 5.86. The molecular weight excluding hydrogens is 331 g/mol. The molecule has 0 saturated carbocycles. The third kappa shape index (κ3) is 2.33. The van der Waals surface area contributed by atoms with E-state index in [-0.39, 0.29) is 5.56 Å². The number of nitrogens with one attached hydrogen (secondary N) is 1. The van der Waals surface area contributed by atoms with Gasteiger partial charge >= 0.3 is 0 Å². The van der Waals surface area contributed by atoms with E-state index in [0.717, 1.165) is 11.3 Å². The number of methoxy groups -OCH3 is 1. The molecule has 0 spiro atoms. The van der Waals surface area contributed by atoms with Crippen LogP contribution in [0.4, 0.5) is 0 Å². The van der Waals surface area contributed by atoms with Gasteiger partial charge in [-0.1, -0.05) is 12.1 Å². The zero-order valence-corrected chi connectivity index (χ0v) is 11.6. The van der Waals surface area contributed by atoms with Crippen molar-refractivity contribution in [1.29, 1.82) is 0 Å². The Morgan fingerprint density at radius 1 is 1.35 bits per heavy atom. The molecule has 88 valence electrons. The largest absolute Gasteiger partial charge is 0.496 e. The molecule has 5 heteroatoms. The quantitative estimate of drug-likeness (QED) is 0.853. The third-order valence-electron chi connectivity index (χ3n) is 2.39. The number of aromatic nitrogens is 2. The van der Waals surface area contributed by atoms with Gasteiger partial charge < -0.3 is 9.72 Å². The number of aryl methyl sites for hydroxylation is 1. The third-order valence-corrected chi connectivity index (χ3v) is 3.66. The van der Waals surface area contributed by atoms with Gasteiger partial charge in [-0.15, -0.1) is 0 Å². The van der Waals surface area contributed by atoms with Crippen molar-refractivity contribution in [3.8, 4) is 17.1 Å². The number of ether oxygens (including phenoxy) is 1. The molecule has 0 atom stereocenters. The van der Waals surface area contributed by atoms with Crippen LogP contribution in [0.1, 0.15) is 5.69 Å². The molecule has 2 aromatic rings. The summed E-state index contributed by atoms with van der Waals surface area (Å²) in [5, 5.41) is 0. The highest BCUT2D eigenvalue weighted by atomic mass is 127. The fourth-order valence-electron chi connectivity index (χ4n) is 1.54. The Balaban J connectivity index is 2.65. The van der Waals surface area contributed by atoms with Crippen molar-refractivity contribution >= 4 is 22.6 Å². The van der Waals surface area contributed by atoms with Crippen LogP contribution >= 0.6 is 22.6 Å². The summed E-state index contributed by atoms with van der Waals surface area (Å²) in [4.78, 5) is 18.8. The molecule has 17 heavy (non-hydrogen) atoms. The van der Waals surface area contributed by atoms with Gasteiger partial charge in [0.2, 0.25) is 0 Å². The van der Waals surface area contributed by atoms with Gasteiger partial charge in [0.15, 0.2) is 0 Å². The van der Waals surface area contributed by atoms with E-state index in [1.807, 2.05) is 53.8 Å². The Kier molecular flexibility index (Phi) is 3.46. The highest BCUT2D eigenvalue weighted by molar-refractivity contribution is 14.1. The summed E-state index contributed by atoms with van der Waals surface area (Å²) in [7, 11) is 1.59. The van der Waals surface area contributed by atoms with Crippen LogP contribution in [0.2, 0.25) is 0 Å². The van der Waals surface area contributed by atoms with Crippen LogP contribution in [-0.2, 0) is 0 Å². The molecule has 0 aliphatic carbocycles. The number of rotatable bonds is 2. The van der Waals surface area contributed by atoms with Crippen molar-refractivity contribution in [3.05, 3.63) is 43.9 Å². The van der Waals surface area contributed by atoms with Gasteiger partial charge in [0, 0.05) is 0 Å². The van der Waals surface area contributed by atoms with E-state index in [9.17, 15) is 4.79 Å². The van der Waals surface area contributed by atoms with Gasteiger partial charge in [0.1, 0.15) is 11.6 Å². The van der Waals surface area contributed by atoms with Crippen molar-refractivity contribution in [2.24, 2.45) is 0 Å². The average Bonchev–Trinajstić information content (AvgIpc) is 2.35. The summed E-state index contributed by atoms with van der Waals surface area (Å²) in [5.74, 6) is 1.22. The molecule has 0 aliphatic rings. The smallest absolute Gasteiger partial charge is 0.264 e. The minimum absolute atomic E-state index is 0.126. The molecule has 0 amide bonds. The van der Waals surface area contributed by atoms with E-state index in [1.165, 1.54) is 0 Å². The lowest BCUT2D eigenvalue weighted by Gasteiger charge is -2.08.